The first-order valence-corrected chi connectivity index (χ1v) is 17.5. The van der Waals surface area contributed by atoms with Gasteiger partial charge in [0.1, 0.15) is 0 Å². The Kier molecular flexibility index (Phi) is 15.4. The predicted octanol–water partition coefficient (Wildman–Crippen LogP) is 6.79. The molecule has 47 heavy (non-hydrogen) atoms. The molecule has 2 amide bonds. The lowest BCUT2D eigenvalue weighted by molar-refractivity contribution is -0.144. The van der Waals surface area contributed by atoms with Gasteiger partial charge < -0.3 is 29.9 Å². The maximum Gasteiger partial charge on any atom is 0.418 e. The van der Waals surface area contributed by atoms with Gasteiger partial charge in [-0.25, -0.2) is 4.79 Å². The van der Waals surface area contributed by atoms with E-state index in [1.165, 1.54) is 11.0 Å². The summed E-state index contributed by atoms with van der Waals surface area (Å²) in [6.45, 7) is 10.4. The van der Waals surface area contributed by atoms with Crippen LogP contribution in [0.15, 0.2) is 12.1 Å². The molecule has 0 aliphatic carbocycles. The van der Waals surface area contributed by atoms with Crippen molar-refractivity contribution in [3.8, 4) is 0 Å². The summed E-state index contributed by atoms with van der Waals surface area (Å²) in [6.07, 6.45) is 1.32. The van der Waals surface area contributed by atoms with Crippen LogP contribution in [0.3, 0.4) is 0 Å². The number of amides is 2. The highest BCUT2D eigenvalue weighted by Crippen LogP contribution is 2.38. The van der Waals surface area contributed by atoms with Crippen LogP contribution in [-0.2, 0) is 31.7 Å². The molecule has 0 bridgehead atoms. The molecule has 2 aliphatic rings. The number of esters is 1. The number of carbonyl (C=O) groups excluding carboxylic acids is 3. The number of nitrogens with two attached hydrogens (primary N) is 1. The summed E-state index contributed by atoms with van der Waals surface area (Å²) >= 11 is 6.04. The van der Waals surface area contributed by atoms with Gasteiger partial charge >= 0.3 is 18.2 Å². The SMILES string of the molecule is CCCCCCOC(=O)CCN1CCC(C2CCN(C(=O)[C@@H](Cc3cc(Cl)c(N)c(C(F)(F)F)c3)OC(=O)N(CC)CC)CC2)CC1. The summed E-state index contributed by atoms with van der Waals surface area (Å²) in [5.41, 5.74) is 4.02. The number of benzene rings is 1. The number of likely N-dealkylation sites (tertiary alicyclic amines) is 2. The van der Waals surface area contributed by atoms with Gasteiger partial charge in [-0.3, -0.25) is 9.59 Å². The van der Waals surface area contributed by atoms with Gasteiger partial charge in [-0.05, 0) is 88.6 Å². The Morgan fingerprint density at radius 2 is 1.60 bits per heavy atom. The number of carbonyl (C=O) groups is 3. The number of hydrogen-bond acceptors (Lipinski definition) is 7. The van der Waals surface area contributed by atoms with E-state index in [0.717, 1.165) is 70.5 Å². The van der Waals surface area contributed by atoms with E-state index in [1.807, 2.05) is 0 Å². The zero-order valence-corrected chi connectivity index (χ0v) is 28.8. The molecule has 9 nitrogen and oxygen atoms in total. The third-order valence-electron chi connectivity index (χ3n) is 9.50. The van der Waals surface area contributed by atoms with Gasteiger partial charge in [0.15, 0.2) is 6.10 Å². The first-order chi connectivity index (χ1) is 22.4. The van der Waals surface area contributed by atoms with Crippen LogP contribution in [0, 0.1) is 11.8 Å². The molecule has 1 aromatic carbocycles. The third-order valence-corrected chi connectivity index (χ3v) is 9.81. The van der Waals surface area contributed by atoms with Crippen LogP contribution in [0.1, 0.15) is 89.7 Å². The number of piperidine rings is 2. The lowest BCUT2D eigenvalue weighted by Crippen LogP contribution is -2.48. The predicted molar refractivity (Wildman–Crippen MR) is 176 cm³/mol. The van der Waals surface area contributed by atoms with Crippen molar-refractivity contribution in [2.75, 3.05) is 58.2 Å². The highest BCUT2D eigenvalue weighted by Gasteiger charge is 2.37. The maximum absolute atomic E-state index is 13.7. The minimum absolute atomic E-state index is 0.101. The van der Waals surface area contributed by atoms with Crippen LogP contribution in [0.25, 0.3) is 0 Å². The summed E-state index contributed by atoms with van der Waals surface area (Å²) in [7, 11) is 0. The second-order valence-corrected chi connectivity index (χ2v) is 13.1. The Hall–Kier alpha value is -2.73. The van der Waals surface area contributed by atoms with Crippen molar-refractivity contribution in [2.24, 2.45) is 11.8 Å². The van der Waals surface area contributed by atoms with E-state index >= 15 is 0 Å². The largest absolute Gasteiger partial charge is 0.466 e. The van der Waals surface area contributed by atoms with Gasteiger partial charge in [-0.1, -0.05) is 37.8 Å². The fourth-order valence-electron chi connectivity index (χ4n) is 6.58. The van der Waals surface area contributed by atoms with Crippen molar-refractivity contribution in [3.05, 3.63) is 28.3 Å². The molecule has 2 heterocycles. The number of unbranched alkanes of at least 4 members (excludes halogenated alkanes) is 3. The highest BCUT2D eigenvalue weighted by molar-refractivity contribution is 6.33. The van der Waals surface area contributed by atoms with Crippen LogP contribution in [-0.4, -0.2) is 91.2 Å². The topological polar surface area (TPSA) is 105 Å². The zero-order chi connectivity index (χ0) is 34.6. The summed E-state index contributed by atoms with van der Waals surface area (Å²) < 4.78 is 51.9. The lowest BCUT2D eigenvalue weighted by atomic mass is 9.78. The summed E-state index contributed by atoms with van der Waals surface area (Å²) in [4.78, 5) is 44.1. The third kappa shape index (κ3) is 11.7. The Bertz CT molecular complexity index is 1170. The number of ether oxygens (including phenoxy) is 2. The number of anilines is 1. The van der Waals surface area contributed by atoms with Crippen molar-refractivity contribution < 1.29 is 37.0 Å². The van der Waals surface area contributed by atoms with Gasteiger partial charge in [-0.15, -0.1) is 0 Å². The van der Waals surface area contributed by atoms with E-state index in [9.17, 15) is 27.6 Å². The summed E-state index contributed by atoms with van der Waals surface area (Å²) in [5.74, 6) is 0.388. The van der Waals surface area contributed by atoms with Gasteiger partial charge in [-0.2, -0.15) is 13.2 Å². The Morgan fingerprint density at radius 1 is 0.979 bits per heavy atom. The van der Waals surface area contributed by atoms with Crippen LogP contribution >= 0.6 is 11.6 Å². The fraction of sp³-hybridized carbons (Fsp3) is 0.735. The second kappa shape index (κ2) is 18.7. The molecule has 2 N–H and O–H groups in total. The van der Waals surface area contributed by atoms with Crippen LogP contribution < -0.4 is 5.73 Å². The molecule has 2 fully saturated rings. The minimum atomic E-state index is -4.74. The molecule has 13 heteroatoms. The standard InChI is InChI=1S/C34H52ClF3N4O5/c1-4-7-8-9-20-46-30(43)14-17-40-15-10-25(11-16-40)26-12-18-42(19-13-26)32(44)29(47-33(45)41(5-2)6-3)23-24-21-27(34(36,37)38)31(39)28(35)22-24/h21-22,25-26,29H,4-20,23,39H2,1-3H3/t29-/m1/s1. The molecule has 3 rings (SSSR count). The molecule has 0 aromatic heterocycles. The monoisotopic (exact) mass is 688 g/mol. The number of alkyl halides is 3. The molecule has 0 unspecified atom stereocenters. The Labute approximate surface area is 282 Å². The average Bonchev–Trinajstić information content (AvgIpc) is 3.05. The number of halogens is 4. The van der Waals surface area contributed by atoms with E-state index in [4.69, 9.17) is 26.8 Å². The number of hydrogen-bond donors (Lipinski definition) is 1. The quantitative estimate of drug-likeness (QED) is 0.123. The molecule has 0 saturated carbocycles. The molecule has 266 valence electrons. The maximum atomic E-state index is 13.7. The van der Waals surface area contributed by atoms with Crippen molar-refractivity contribution in [2.45, 2.75) is 97.3 Å². The first-order valence-electron chi connectivity index (χ1n) is 17.1. The second-order valence-electron chi connectivity index (χ2n) is 12.7. The molecule has 0 radical (unpaired) electrons. The minimum Gasteiger partial charge on any atom is -0.466 e. The van der Waals surface area contributed by atoms with Crippen LogP contribution in [0.2, 0.25) is 5.02 Å². The Balaban J connectivity index is 1.55. The first kappa shape index (κ1) is 38.7. The fourth-order valence-corrected chi connectivity index (χ4v) is 6.82. The molecule has 1 atom stereocenters. The van der Waals surface area contributed by atoms with E-state index in [-0.39, 0.29) is 23.0 Å². The Morgan fingerprint density at radius 3 is 2.17 bits per heavy atom. The van der Waals surface area contributed by atoms with Crippen molar-refractivity contribution in [1.82, 2.24) is 14.7 Å². The lowest BCUT2D eigenvalue weighted by Gasteiger charge is -2.40. The molecule has 1 aromatic rings. The average molecular weight is 689 g/mol. The van der Waals surface area contributed by atoms with Crippen LogP contribution in [0.5, 0.6) is 0 Å². The van der Waals surface area contributed by atoms with E-state index < -0.39 is 35.5 Å². The normalized spacial score (nSPS) is 17.4. The van der Waals surface area contributed by atoms with E-state index in [0.29, 0.717) is 57.6 Å². The summed E-state index contributed by atoms with van der Waals surface area (Å²) in [5, 5.41) is -0.277. The number of nitrogen functional groups attached to an aromatic ring is 1. The van der Waals surface area contributed by atoms with E-state index in [1.54, 1.807) is 18.7 Å². The van der Waals surface area contributed by atoms with Crippen molar-refractivity contribution in [3.63, 3.8) is 0 Å². The molecular weight excluding hydrogens is 637 g/mol. The molecule has 0 spiro atoms. The van der Waals surface area contributed by atoms with Gasteiger partial charge in [0.2, 0.25) is 0 Å². The number of rotatable bonds is 15. The molecule has 2 aliphatic heterocycles. The molecular formula is C34H52ClF3N4O5. The highest BCUT2D eigenvalue weighted by atomic mass is 35.5. The molecule has 2 saturated heterocycles. The van der Waals surface area contributed by atoms with Crippen molar-refractivity contribution in [1.29, 1.82) is 0 Å². The number of nitrogens with zero attached hydrogens (tertiary/aromatic N) is 3. The zero-order valence-electron chi connectivity index (χ0n) is 28.1. The smallest absolute Gasteiger partial charge is 0.418 e. The van der Waals surface area contributed by atoms with Gasteiger partial charge in [0, 0.05) is 39.1 Å². The van der Waals surface area contributed by atoms with Gasteiger partial charge in [0.25, 0.3) is 5.91 Å². The van der Waals surface area contributed by atoms with Crippen LogP contribution in [0.4, 0.5) is 23.7 Å². The van der Waals surface area contributed by atoms with E-state index in [2.05, 4.69) is 11.8 Å². The van der Waals surface area contributed by atoms with Crippen molar-refractivity contribution >= 4 is 35.3 Å². The van der Waals surface area contributed by atoms with Gasteiger partial charge in [0.05, 0.1) is 29.3 Å². The summed E-state index contributed by atoms with van der Waals surface area (Å²) in [6, 6.07) is 2.15.